The number of amides is 2. The molecular formula is C16H22N2O. The first-order chi connectivity index (χ1) is 9.33. The highest BCUT2D eigenvalue weighted by Gasteiger charge is 2.23. The molecule has 3 heteroatoms. The lowest BCUT2D eigenvalue weighted by molar-refractivity contribution is 0.231. The van der Waals surface area contributed by atoms with Crippen LogP contribution in [0.4, 0.5) is 4.79 Å². The number of hydrogen-bond acceptors (Lipinski definition) is 1. The van der Waals surface area contributed by atoms with E-state index in [0.29, 0.717) is 6.04 Å². The molecule has 0 saturated heterocycles. The molecule has 0 aromatic heterocycles. The number of benzene rings is 1. The summed E-state index contributed by atoms with van der Waals surface area (Å²) in [6.07, 6.45) is 8.11. The van der Waals surface area contributed by atoms with Crippen LogP contribution in [0.5, 0.6) is 0 Å². The smallest absolute Gasteiger partial charge is 0.315 e. The molecule has 3 rings (SSSR count). The number of rotatable bonds is 2. The van der Waals surface area contributed by atoms with Crippen LogP contribution >= 0.6 is 0 Å². The summed E-state index contributed by atoms with van der Waals surface area (Å²) in [6, 6.07) is 9.06. The number of hydrogen-bond donors (Lipinski definition) is 2. The Hall–Kier alpha value is -1.51. The molecule has 1 aromatic carbocycles. The summed E-state index contributed by atoms with van der Waals surface area (Å²) in [7, 11) is 0. The van der Waals surface area contributed by atoms with Crippen molar-refractivity contribution < 1.29 is 4.79 Å². The van der Waals surface area contributed by atoms with Crippen molar-refractivity contribution in [1.82, 2.24) is 10.6 Å². The van der Waals surface area contributed by atoms with Crippen LogP contribution in [0.25, 0.3) is 0 Å². The second kappa shape index (κ2) is 5.64. The van der Waals surface area contributed by atoms with Gasteiger partial charge >= 0.3 is 6.03 Å². The van der Waals surface area contributed by atoms with Crippen LogP contribution in [0, 0.1) is 0 Å². The normalized spacial score (nSPS) is 22.8. The lowest BCUT2D eigenvalue weighted by Gasteiger charge is -2.27. The molecule has 0 heterocycles. The van der Waals surface area contributed by atoms with E-state index in [9.17, 15) is 4.79 Å². The fraction of sp³-hybridized carbons (Fsp3) is 0.562. The number of carbonyl (C=O) groups is 1. The van der Waals surface area contributed by atoms with Crippen molar-refractivity contribution >= 4 is 6.03 Å². The standard InChI is InChI=1S/C16H22N2O/c19-16(17-13-8-2-3-9-13)18-15-11-5-7-12-6-1-4-10-14(12)15/h1,4,6,10,13,15H,2-3,5,7-9,11H2,(H2,17,18,19)/t15-/m1/s1. The Morgan fingerprint density at radius 3 is 2.63 bits per heavy atom. The fourth-order valence-corrected chi connectivity index (χ4v) is 3.36. The first-order valence-electron chi connectivity index (χ1n) is 7.48. The molecule has 102 valence electrons. The Morgan fingerprint density at radius 2 is 1.79 bits per heavy atom. The van der Waals surface area contributed by atoms with Crippen LogP contribution in [0.15, 0.2) is 24.3 Å². The zero-order valence-corrected chi connectivity index (χ0v) is 11.3. The van der Waals surface area contributed by atoms with Gasteiger partial charge in [-0.25, -0.2) is 4.79 Å². The summed E-state index contributed by atoms with van der Waals surface area (Å²) in [5.74, 6) is 0. The quantitative estimate of drug-likeness (QED) is 0.839. The Kier molecular flexibility index (Phi) is 3.72. The van der Waals surface area contributed by atoms with Gasteiger partial charge in [-0.05, 0) is 43.2 Å². The summed E-state index contributed by atoms with van der Waals surface area (Å²) in [5.41, 5.74) is 2.69. The Balaban J connectivity index is 1.62. The van der Waals surface area contributed by atoms with Gasteiger partial charge in [0.05, 0.1) is 6.04 Å². The van der Waals surface area contributed by atoms with Crippen LogP contribution in [-0.4, -0.2) is 12.1 Å². The average molecular weight is 258 g/mol. The van der Waals surface area contributed by atoms with Gasteiger partial charge in [-0.3, -0.25) is 0 Å². The summed E-state index contributed by atoms with van der Waals surface area (Å²) < 4.78 is 0. The SMILES string of the molecule is O=C(NC1CCCC1)N[C@@H]1CCCc2ccccc21. The van der Waals surface area contributed by atoms with E-state index in [0.717, 1.165) is 32.1 Å². The van der Waals surface area contributed by atoms with Crippen LogP contribution in [0.3, 0.4) is 0 Å². The molecule has 2 amide bonds. The topological polar surface area (TPSA) is 41.1 Å². The van der Waals surface area contributed by atoms with Crippen molar-refractivity contribution in [2.24, 2.45) is 0 Å². The Bertz CT molecular complexity index is 452. The minimum atomic E-state index is 0.00797. The minimum absolute atomic E-state index is 0.00797. The van der Waals surface area contributed by atoms with Crippen molar-refractivity contribution in [3.05, 3.63) is 35.4 Å². The second-order valence-corrected chi connectivity index (χ2v) is 5.74. The zero-order chi connectivity index (χ0) is 13.1. The Labute approximate surface area is 114 Å². The van der Waals surface area contributed by atoms with E-state index in [4.69, 9.17) is 0 Å². The highest BCUT2D eigenvalue weighted by Crippen LogP contribution is 2.29. The molecule has 3 nitrogen and oxygen atoms in total. The van der Waals surface area contributed by atoms with Gasteiger partial charge in [0.15, 0.2) is 0 Å². The maximum absolute atomic E-state index is 12.1. The summed E-state index contributed by atoms with van der Waals surface area (Å²) in [6.45, 7) is 0. The first-order valence-corrected chi connectivity index (χ1v) is 7.48. The molecule has 2 aliphatic carbocycles. The Morgan fingerprint density at radius 1 is 1.00 bits per heavy atom. The lowest BCUT2D eigenvalue weighted by Crippen LogP contribution is -2.43. The first kappa shape index (κ1) is 12.5. The third-order valence-corrected chi connectivity index (χ3v) is 4.37. The zero-order valence-electron chi connectivity index (χ0n) is 11.3. The van der Waals surface area contributed by atoms with Crippen molar-refractivity contribution in [1.29, 1.82) is 0 Å². The second-order valence-electron chi connectivity index (χ2n) is 5.74. The highest BCUT2D eigenvalue weighted by molar-refractivity contribution is 5.75. The number of fused-ring (bicyclic) bond motifs is 1. The molecule has 1 aromatic rings. The molecule has 0 aliphatic heterocycles. The van der Waals surface area contributed by atoms with Gasteiger partial charge in [-0.2, -0.15) is 0 Å². The van der Waals surface area contributed by atoms with Crippen LogP contribution in [-0.2, 0) is 6.42 Å². The van der Waals surface area contributed by atoms with Crippen LogP contribution < -0.4 is 10.6 Å². The van der Waals surface area contributed by atoms with Crippen molar-refractivity contribution in [3.63, 3.8) is 0 Å². The molecule has 0 radical (unpaired) electrons. The summed E-state index contributed by atoms with van der Waals surface area (Å²) in [5, 5.41) is 6.26. The van der Waals surface area contributed by atoms with E-state index in [2.05, 4.69) is 34.9 Å². The molecule has 1 saturated carbocycles. The fourth-order valence-electron chi connectivity index (χ4n) is 3.36. The number of carbonyl (C=O) groups excluding carboxylic acids is 1. The van der Waals surface area contributed by atoms with Gasteiger partial charge in [0.25, 0.3) is 0 Å². The molecule has 19 heavy (non-hydrogen) atoms. The minimum Gasteiger partial charge on any atom is -0.335 e. The molecular weight excluding hydrogens is 236 g/mol. The molecule has 0 bridgehead atoms. The number of aryl methyl sites for hydroxylation is 1. The maximum atomic E-state index is 12.1. The molecule has 2 aliphatic rings. The van der Waals surface area contributed by atoms with Crippen LogP contribution in [0.2, 0.25) is 0 Å². The third kappa shape index (κ3) is 2.91. The predicted octanol–water partition coefficient (Wildman–Crippen LogP) is 3.31. The number of nitrogens with one attached hydrogen (secondary N) is 2. The molecule has 0 unspecified atom stereocenters. The van der Waals surface area contributed by atoms with Gasteiger partial charge in [0.2, 0.25) is 0 Å². The summed E-state index contributed by atoms with van der Waals surface area (Å²) >= 11 is 0. The maximum Gasteiger partial charge on any atom is 0.315 e. The van der Waals surface area contributed by atoms with Crippen molar-refractivity contribution in [3.8, 4) is 0 Å². The predicted molar refractivity (Wildman–Crippen MR) is 76.0 cm³/mol. The molecule has 0 spiro atoms. The van der Waals surface area contributed by atoms with Crippen LogP contribution in [0.1, 0.15) is 55.7 Å². The lowest BCUT2D eigenvalue weighted by atomic mass is 9.88. The third-order valence-electron chi connectivity index (χ3n) is 4.37. The average Bonchev–Trinajstić information content (AvgIpc) is 2.92. The van der Waals surface area contributed by atoms with E-state index < -0.39 is 0 Å². The van der Waals surface area contributed by atoms with Gasteiger partial charge in [0, 0.05) is 6.04 Å². The van der Waals surface area contributed by atoms with Crippen molar-refractivity contribution in [2.75, 3.05) is 0 Å². The van der Waals surface area contributed by atoms with E-state index in [-0.39, 0.29) is 12.1 Å². The highest BCUT2D eigenvalue weighted by atomic mass is 16.2. The van der Waals surface area contributed by atoms with Gasteiger partial charge in [-0.15, -0.1) is 0 Å². The van der Waals surface area contributed by atoms with E-state index in [1.165, 1.54) is 24.0 Å². The van der Waals surface area contributed by atoms with Gasteiger partial charge in [-0.1, -0.05) is 37.1 Å². The van der Waals surface area contributed by atoms with E-state index in [1.807, 2.05) is 0 Å². The number of urea groups is 1. The molecule has 2 N–H and O–H groups in total. The van der Waals surface area contributed by atoms with Crippen molar-refractivity contribution in [2.45, 2.75) is 57.0 Å². The van der Waals surface area contributed by atoms with Gasteiger partial charge < -0.3 is 10.6 Å². The molecule has 1 atom stereocenters. The van der Waals surface area contributed by atoms with Gasteiger partial charge in [0.1, 0.15) is 0 Å². The largest absolute Gasteiger partial charge is 0.335 e. The monoisotopic (exact) mass is 258 g/mol. The summed E-state index contributed by atoms with van der Waals surface area (Å²) in [4.78, 5) is 12.1. The van der Waals surface area contributed by atoms with E-state index in [1.54, 1.807) is 0 Å². The molecule has 1 fully saturated rings. The van der Waals surface area contributed by atoms with E-state index >= 15 is 0 Å².